The molecule has 242 valence electrons. The molecular formula is C30H39F3N4O5S2. The monoisotopic (exact) mass is 656 g/mol. The standard InChI is InChI=1S/C30H39F3N4O5S2/c1-42-29-20-24(44(3,40)41)10-11-27(29)34-14-5-7-23-19-25-26(8-4-9-28(25)37(23)21-30(31,32)33)35-22-12-16-36(17-13-22)15-6-18-43(2,38)39/h4,8-11,19-20,22-23,26,34-35H,6,12-18,21H2,1-3H3. The minimum atomic E-state index is -4.43. The van der Waals surface area contributed by atoms with Gasteiger partial charge >= 0.3 is 6.18 Å². The molecule has 1 aromatic carbocycles. The first kappa shape index (κ1) is 33.9. The van der Waals surface area contributed by atoms with Crippen LogP contribution in [0.2, 0.25) is 0 Å². The van der Waals surface area contributed by atoms with Crippen LogP contribution in [0.25, 0.3) is 0 Å². The summed E-state index contributed by atoms with van der Waals surface area (Å²) in [5.41, 5.74) is 1.76. The van der Waals surface area contributed by atoms with Gasteiger partial charge in [-0.1, -0.05) is 24.0 Å². The molecule has 2 unspecified atom stereocenters. The number of allylic oxidation sites excluding steroid dienone is 2. The molecule has 1 saturated heterocycles. The van der Waals surface area contributed by atoms with Crippen molar-refractivity contribution in [3.63, 3.8) is 0 Å². The summed E-state index contributed by atoms with van der Waals surface area (Å²) in [5, 5.41) is 6.66. The second kappa shape index (κ2) is 14.0. The van der Waals surface area contributed by atoms with E-state index in [4.69, 9.17) is 4.74 Å². The summed E-state index contributed by atoms with van der Waals surface area (Å²) in [7, 11) is -4.99. The van der Waals surface area contributed by atoms with Gasteiger partial charge in [-0.05, 0) is 68.8 Å². The maximum absolute atomic E-state index is 13.6. The number of fused-ring (bicyclic) bond motifs is 1. The van der Waals surface area contributed by atoms with E-state index in [1.54, 1.807) is 24.3 Å². The minimum Gasteiger partial charge on any atom is -0.495 e. The maximum atomic E-state index is 13.6. The van der Waals surface area contributed by atoms with Crippen LogP contribution in [0.1, 0.15) is 19.3 Å². The van der Waals surface area contributed by atoms with Gasteiger partial charge in [0.1, 0.15) is 28.2 Å². The maximum Gasteiger partial charge on any atom is 0.405 e. The number of likely N-dealkylation sites (tertiary alicyclic amines) is 1. The number of sulfone groups is 2. The lowest BCUT2D eigenvalue weighted by Crippen LogP contribution is -2.47. The van der Waals surface area contributed by atoms with Crippen LogP contribution >= 0.6 is 0 Å². The van der Waals surface area contributed by atoms with E-state index >= 15 is 0 Å². The summed E-state index contributed by atoms with van der Waals surface area (Å²) in [6.45, 7) is 1.33. The van der Waals surface area contributed by atoms with E-state index in [0.717, 1.165) is 44.3 Å². The summed E-state index contributed by atoms with van der Waals surface area (Å²) in [6, 6.07) is 3.54. The number of halogens is 3. The highest BCUT2D eigenvalue weighted by atomic mass is 32.2. The Balaban J connectivity index is 1.41. The number of methoxy groups -OCH3 is 1. The lowest BCUT2D eigenvalue weighted by molar-refractivity contribution is -0.141. The van der Waals surface area contributed by atoms with Crippen molar-refractivity contribution >= 4 is 25.4 Å². The Hall–Kier alpha value is -2.99. The smallest absolute Gasteiger partial charge is 0.405 e. The van der Waals surface area contributed by atoms with Crippen molar-refractivity contribution in [2.45, 2.75) is 48.5 Å². The van der Waals surface area contributed by atoms with Gasteiger partial charge in [-0.15, -0.1) is 0 Å². The predicted octanol–water partition coefficient (Wildman–Crippen LogP) is 3.00. The van der Waals surface area contributed by atoms with Crippen molar-refractivity contribution in [3.8, 4) is 17.6 Å². The molecule has 44 heavy (non-hydrogen) atoms. The Bertz CT molecular complexity index is 1570. The van der Waals surface area contributed by atoms with Gasteiger partial charge in [0.05, 0.1) is 36.0 Å². The molecule has 2 aliphatic heterocycles. The first-order valence-corrected chi connectivity index (χ1v) is 18.3. The van der Waals surface area contributed by atoms with Gasteiger partial charge in [-0.3, -0.25) is 0 Å². The molecule has 0 bridgehead atoms. The van der Waals surface area contributed by atoms with Gasteiger partial charge in [0, 0.05) is 30.3 Å². The molecule has 0 saturated carbocycles. The van der Waals surface area contributed by atoms with E-state index in [2.05, 4.69) is 27.4 Å². The molecule has 2 heterocycles. The number of nitrogens with one attached hydrogen (secondary N) is 2. The predicted molar refractivity (Wildman–Crippen MR) is 165 cm³/mol. The fraction of sp³-hybridized carbons (Fsp3) is 0.533. The normalized spacial score (nSPS) is 21.3. The number of ether oxygens (including phenoxy) is 1. The van der Waals surface area contributed by atoms with Crippen molar-refractivity contribution in [2.75, 3.05) is 63.4 Å². The van der Waals surface area contributed by atoms with Crippen LogP contribution in [0.3, 0.4) is 0 Å². The number of anilines is 1. The zero-order valence-corrected chi connectivity index (χ0v) is 26.7. The zero-order chi connectivity index (χ0) is 32.1. The van der Waals surface area contributed by atoms with Gasteiger partial charge in [-0.25, -0.2) is 16.8 Å². The molecule has 2 N–H and O–H groups in total. The molecule has 0 spiro atoms. The third kappa shape index (κ3) is 9.50. The number of alkyl halides is 3. The Morgan fingerprint density at radius 2 is 1.84 bits per heavy atom. The topological polar surface area (TPSA) is 108 Å². The van der Waals surface area contributed by atoms with Crippen LogP contribution in [0.5, 0.6) is 5.75 Å². The van der Waals surface area contributed by atoms with Gasteiger partial charge in [0.15, 0.2) is 9.84 Å². The van der Waals surface area contributed by atoms with Gasteiger partial charge in [0.25, 0.3) is 0 Å². The van der Waals surface area contributed by atoms with Gasteiger partial charge < -0.3 is 25.2 Å². The highest BCUT2D eigenvalue weighted by Gasteiger charge is 2.40. The minimum absolute atomic E-state index is 0.106. The third-order valence-corrected chi connectivity index (χ3v) is 9.87. The molecule has 0 radical (unpaired) electrons. The summed E-state index contributed by atoms with van der Waals surface area (Å²) in [6.07, 6.45) is 7.41. The van der Waals surface area contributed by atoms with E-state index in [9.17, 15) is 30.0 Å². The van der Waals surface area contributed by atoms with Crippen molar-refractivity contribution in [1.82, 2.24) is 15.1 Å². The van der Waals surface area contributed by atoms with Crippen LogP contribution in [0.15, 0.2) is 58.7 Å². The molecule has 0 amide bonds. The van der Waals surface area contributed by atoms with E-state index in [-0.39, 0.29) is 29.3 Å². The number of piperidine rings is 1. The summed E-state index contributed by atoms with van der Waals surface area (Å²) < 4.78 is 92.7. The highest BCUT2D eigenvalue weighted by Crippen LogP contribution is 2.35. The van der Waals surface area contributed by atoms with Crippen LogP contribution in [-0.2, 0) is 19.7 Å². The van der Waals surface area contributed by atoms with Crippen molar-refractivity contribution < 1.29 is 34.7 Å². The highest BCUT2D eigenvalue weighted by molar-refractivity contribution is 7.91. The van der Waals surface area contributed by atoms with Crippen molar-refractivity contribution in [1.29, 1.82) is 0 Å². The molecule has 3 aliphatic rings. The Kier molecular flexibility index (Phi) is 10.8. The Morgan fingerprint density at radius 1 is 1.11 bits per heavy atom. The van der Waals surface area contributed by atoms with Crippen LogP contribution < -0.4 is 15.4 Å². The second-order valence-electron chi connectivity index (χ2n) is 11.3. The van der Waals surface area contributed by atoms with Crippen LogP contribution in [-0.4, -0.2) is 109 Å². The van der Waals surface area contributed by atoms with E-state index in [0.29, 0.717) is 23.6 Å². The number of nitrogens with zero attached hydrogens (tertiary/aromatic N) is 2. The van der Waals surface area contributed by atoms with Crippen LogP contribution in [0.4, 0.5) is 18.9 Å². The van der Waals surface area contributed by atoms with Crippen molar-refractivity contribution in [3.05, 3.63) is 53.8 Å². The van der Waals surface area contributed by atoms with Gasteiger partial charge in [-0.2, -0.15) is 13.2 Å². The number of hydrogen-bond donors (Lipinski definition) is 2. The Labute approximate surface area is 258 Å². The average molecular weight is 657 g/mol. The number of benzene rings is 1. The number of hydrogen-bond acceptors (Lipinski definition) is 9. The zero-order valence-electron chi connectivity index (χ0n) is 25.0. The summed E-state index contributed by atoms with van der Waals surface area (Å²) in [5.74, 6) is 6.37. The molecule has 1 aromatic rings. The van der Waals surface area contributed by atoms with Gasteiger partial charge in [0.2, 0.25) is 0 Å². The summed E-state index contributed by atoms with van der Waals surface area (Å²) >= 11 is 0. The fourth-order valence-electron chi connectivity index (χ4n) is 5.59. The van der Waals surface area contributed by atoms with E-state index in [1.807, 2.05) is 6.08 Å². The van der Waals surface area contributed by atoms with E-state index in [1.165, 1.54) is 30.4 Å². The molecule has 14 heteroatoms. The molecule has 1 aliphatic carbocycles. The molecule has 2 atom stereocenters. The second-order valence-corrected chi connectivity index (χ2v) is 15.6. The molecule has 9 nitrogen and oxygen atoms in total. The first-order valence-electron chi connectivity index (χ1n) is 14.3. The molecule has 4 rings (SSSR count). The van der Waals surface area contributed by atoms with Crippen LogP contribution in [0, 0.1) is 11.8 Å². The van der Waals surface area contributed by atoms with E-state index < -0.39 is 38.4 Å². The lowest BCUT2D eigenvalue weighted by Gasteiger charge is -2.35. The first-order chi connectivity index (χ1) is 20.6. The fourth-order valence-corrected chi connectivity index (χ4v) is 6.88. The van der Waals surface area contributed by atoms with Crippen molar-refractivity contribution in [2.24, 2.45) is 0 Å². The molecule has 1 fully saturated rings. The quantitative estimate of drug-likeness (QED) is 0.348. The average Bonchev–Trinajstić information content (AvgIpc) is 3.27. The Morgan fingerprint density at radius 3 is 2.48 bits per heavy atom. The number of rotatable bonds is 11. The largest absolute Gasteiger partial charge is 0.495 e. The SMILES string of the molecule is COc1cc(S(C)(=O)=O)ccc1NCC#CC1C=C2C(=CC=CC2NC2CCN(CCCS(C)(=O)=O)CC2)N1CC(F)(F)F. The third-order valence-electron chi connectivity index (χ3n) is 7.73. The molecular weight excluding hydrogens is 617 g/mol. The molecule has 0 aromatic heterocycles. The lowest BCUT2D eigenvalue weighted by atomic mass is 9.96. The summed E-state index contributed by atoms with van der Waals surface area (Å²) in [4.78, 5) is 3.63.